The van der Waals surface area contributed by atoms with Crippen LogP contribution in [-0.4, -0.2) is 19.0 Å². The van der Waals surface area contributed by atoms with Crippen molar-refractivity contribution in [1.82, 2.24) is 10.6 Å². The van der Waals surface area contributed by atoms with E-state index in [-0.39, 0.29) is 24.1 Å². The average molecular weight is 304 g/mol. The van der Waals surface area contributed by atoms with Gasteiger partial charge in [0.2, 0.25) is 5.91 Å². The maximum atomic E-state index is 13.4. The van der Waals surface area contributed by atoms with Crippen LogP contribution in [0.5, 0.6) is 0 Å². The molecule has 0 aliphatic rings. The summed E-state index contributed by atoms with van der Waals surface area (Å²) in [6.45, 7) is 1.04. The quantitative estimate of drug-likeness (QED) is 0.771. The predicted molar refractivity (Wildman–Crippen MR) is 81.2 cm³/mol. The van der Waals surface area contributed by atoms with E-state index in [0.717, 1.165) is 5.56 Å². The van der Waals surface area contributed by atoms with Crippen molar-refractivity contribution in [3.8, 4) is 0 Å². The molecule has 0 unspecified atom stereocenters. The zero-order valence-corrected chi connectivity index (χ0v) is 12.1. The summed E-state index contributed by atoms with van der Waals surface area (Å²) in [4.78, 5) is 11.6. The predicted octanol–water partition coefficient (Wildman–Crippen LogP) is 2.41. The lowest BCUT2D eigenvalue weighted by Gasteiger charge is -2.07. The van der Waals surface area contributed by atoms with Crippen LogP contribution >= 0.6 is 0 Å². The third-order valence-electron chi connectivity index (χ3n) is 3.22. The molecule has 22 heavy (non-hydrogen) atoms. The van der Waals surface area contributed by atoms with Crippen LogP contribution in [0.2, 0.25) is 0 Å². The van der Waals surface area contributed by atoms with E-state index >= 15 is 0 Å². The molecule has 0 spiro atoms. The fourth-order valence-corrected chi connectivity index (χ4v) is 1.99. The number of benzene rings is 2. The van der Waals surface area contributed by atoms with Gasteiger partial charge in [0.25, 0.3) is 0 Å². The number of halogens is 2. The molecule has 0 saturated heterocycles. The summed E-state index contributed by atoms with van der Waals surface area (Å²) in [5.74, 6) is -0.687. The largest absolute Gasteiger partial charge is 0.351 e. The number of nitrogens with one attached hydrogen (secondary N) is 2. The van der Waals surface area contributed by atoms with E-state index in [4.69, 9.17) is 0 Å². The Morgan fingerprint density at radius 3 is 2.45 bits per heavy atom. The van der Waals surface area contributed by atoms with Gasteiger partial charge in [-0.1, -0.05) is 30.3 Å². The number of amides is 1. The molecule has 0 heterocycles. The van der Waals surface area contributed by atoms with Crippen LogP contribution in [-0.2, 0) is 17.8 Å². The lowest BCUT2D eigenvalue weighted by molar-refractivity contribution is -0.120. The molecule has 2 N–H and O–H groups in total. The van der Waals surface area contributed by atoms with Gasteiger partial charge in [0.05, 0.1) is 6.54 Å². The molecule has 5 heteroatoms. The van der Waals surface area contributed by atoms with Gasteiger partial charge in [0.15, 0.2) is 0 Å². The fraction of sp³-hybridized carbons (Fsp3) is 0.235. The molecule has 0 fully saturated rings. The summed E-state index contributed by atoms with van der Waals surface area (Å²) < 4.78 is 26.1. The van der Waals surface area contributed by atoms with Crippen LogP contribution in [0.1, 0.15) is 11.1 Å². The maximum Gasteiger partial charge on any atom is 0.234 e. The first-order valence-corrected chi connectivity index (χ1v) is 7.10. The number of rotatable bonds is 7. The molecular weight excluding hydrogens is 286 g/mol. The van der Waals surface area contributed by atoms with Crippen molar-refractivity contribution >= 4 is 5.91 Å². The Balaban J connectivity index is 1.64. The van der Waals surface area contributed by atoms with Gasteiger partial charge < -0.3 is 10.6 Å². The summed E-state index contributed by atoms with van der Waals surface area (Å²) in [7, 11) is 0. The second-order valence-corrected chi connectivity index (χ2v) is 4.92. The van der Waals surface area contributed by atoms with Crippen LogP contribution in [0.4, 0.5) is 8.78 Å². The molecule has 0 atom stereocenters. The van der Waals surface area contributed by atoms with Gasteiger partial charge in [-0.3, -0.25) is 4.79 Å². The third-order valence-corrected chi connectivity index (χ3v) is 3.22. The first-order valence-electron chi connectivity index (χ1n) is 7.10. The monoisotopic (exact) mass is 304 g/mol. The second-order valence-electron chi connectivity index (χ2n) is 4.92. The molecule has 0 radical (unpaired) electrons. The average Bonchev–Trinajstić information content (AvgIpc) is 2.52. The molecule has 0 bridgehead atoms. The Hall–Kier alpha value is -2.27. The van der Waals surface area contributed by atoms with Crippen LogP contribution in [0, 0.1) is 11.6 Å². The number of carbonyl (C=O) groups is 1. The molecule has 0 aromatic heterocycles. The van der Waals surface area contributed by atoms with Crippen molar-refractivity contribution in [2.24, 2.45) is 0 Å². The highest BCUT2D eigenvalue weighted by atomic mass is 19.1. The van der Waals surface area contributed by atoms with E-state index in [2.05, 4.69) is 10.6 Å². The van der Waals surface area contributed by atoms with E-state index in [0.29, 0.717) is 25.1 Å². The highest BCUT2D eigenvalue weighted by Crippen LogP contribution is 2.06. The van der Waals surface area contributed by atoms with Crippen molar-refractivity contribution < 1.29 is 13.6 Å². The van der Waals surface area contributed by atoms with Gasteiger partial charge in [0.1, 0.15) is 11.6 Å². The van der Waals surface area contributed by atoms with Crippen LogP contribution in [0.15, 0.2) is 48.5 Å². The summed E-state index contributed by atoms with van der Waals surface area (Å²) >= 11 is 0. The number of carbonyl (C=O) groups excluding carboxylic acids is 1. The summed E-state index contributed by atoms with van der Waals surface area (Å²) in [5.41, 5.74) is 1.46. The number of hydrogen-bond donors (Lipinski definition) is 2. The first kappa shape index (κ1) is 16.1. The summed E-state index contributed by atoms with van der Waals surface area (Å²) in [6.07, 6.45) is 0.526. The molecule has 2 aromatic rings. The Bertz CT molecular complexity index is 614. The fourth-order valence-electron chi connectivity index (χ4n) is 1.99. The van der Waals surface area contributed by atoms with E-state index in [1.54, 1.807) is 30.3 Å². The molecule has 3 nitrogen and oxygen atoms in total. The van der Waals surface area contributed by atoms with Gasteiger partial charge in [-0.15, -0.1) is 0 Å². The normalized spacial score (nSPS) is 10.5. The standard InChI is InChI=1S/C17H18F2N2O/c18-15-7-5-13(6-8-15)11-21-17(22)12-20-10-9-14-3-1-2-4-16(14)19/h1-8,20H,9-12H2,(H,21,22). The molecule has 0 aliphatic carbocycles. The van der Waals surface area contributed by atoms with Crippen molar-refractivity contribution in [2.45, 2.75) is 13.0 Å². The van der Waals surface area contributed by atoms with Crippen molar-refractivity contribution in [3.05, 3.63) is 71.3 Å². The molecule has 0 aliphatic heterocycles. The van der Waals surface area contributed by atoms with Crippen LogP contribution in [0.25, 0.3) is 0 Å². The molecule has 2 rings (SSSR count). The topological polar surface area (TPSA) is 41.1 Å². The van der Waals surface area contributed by atoms with Gasteiger partial charge in [-0.05, 0) is 42.3 Å². The van der Waals surface area contributed by atoms with E-state index < -0.39 is 0 Å². The van der Waals surface area contributed by atoms with Gasteiger partial charge in [-0.25, -0.2) is 8.78 Å². The minimum absolute atomic E-state index is 0.155. The van der Waals surface area contributed by atoms with Gasteiger partial charge >= 0.3 is 0 Å². The van der Waals surface area contributed by atoms with Crippen LogP contribution < -0.4 is 10.6 Å². The highest BCUT2D eigenvalue weighted by molar-refractivity contribution is 5.77. The molecule has 116 valence electrons. The van der Waals surface area contributed by atoms with Gasteiger partial charge in [0, 0.05) is 6.54 Å². The Kier molecular flexibility index (Phi) is 6.03. The molecule has 2 aromatic carbocycles. The van der Waals surface area contributed by atoms with E-state index in [9.17, 15) is 13.6 Å². The third kappa shape index (κ3) is 5.26. The van der Waals surface area contributed by atoms with Gasteiger partial charge in [-0.2, -0.15) is 0 Å². The zero-order chi connectivity index (χ0) is 15.8. The highest BCUT2D eigenvalue weighted by Gasteiger charge is 2.03. The minimum Gasteiger partial charge on any atom is -0.351 e. The second kappa shape index (κ2) is 8.24. The summed E-state index contributed by atoms with van der Waals surface area (Å²) in [5, 5.41) is 5.70. The first-order chi connectivity index (χ1) is 10.6. The smallest absolute Gasteiger partial charge is 0.234 e. The number of hydrogen-bond acceptors (Lipinski definition) is 2. The Morgan fingerprint density at radius 1 is 1.00 bits per heavy atom. The van der Waals surface area contributed by atoms with E-state index in [1.807, 2.05) is 0 Å². The maximum absolute atomic E-state index is 13.4. The zero-order valence-electron chi connectivity index (χ0n) is 12.1. The summed E-state index contributed by atoms with van der Waals surface area (Å²) in [6, 6.07) is 12.5. The van der Waals surface area contributed by atoms with E-state index in [1.165, 1.54) is 18.2 Å². The Labute approximate surface area is 128 Å². The van der Waals surface area contributed by atoms with Crippen molar-refractivity contribution in [3.63, 3.8) is 0 Å². The molecule has 1 amide bonds. The van der Waals surface area contributed by atoms with Crippen molar-refractivity contribution in [1.29, 1.82) is 0 Å². The van der Waals surface area contributed by atoms with Crippen LogP contribution in [0.3, 0.4) is 0 Å². The SMILES string of the molecule is O=C(CNCCc1ccccc1F)NCc1ccc(F)cc1. The minimum atomic E-state index is -0.301. The lowest BCUT2D eigenvalue weighted by Crippen LogP contribution is -2.34. The van der Waals surface area contributed by atoms with Crippen molar-refractivity contribution in [2.75, 3.05) is 13.1 Å². The molecular formula is C17H18F2N2O. The molecule has 0 saturated carbocycles. The Morgan fingerprint density at radius 2 is 1.73 bits per heavy atom. The lowest BCUT2D eigenvalue weighted by atomic mass is 10.1.